The van der Waals surface area contributed by atoms with Crippen LogP contribution < -0.4 is 10.6 Å². The topological polar surface area (TPSA) is 41.1 Å². The normalized spacial score (nSPS) is 13.2. The van der Waals surface area contributed by atoms with Crippen LogP contribution in [0.3, 0.4) is 0 Å². The van der Waals surface area contributed by atoms with Gasteiger partial charge >= 0.3 is 0 Å². The Morgan fingerprint density at radius 1 is 1.33 bits per heavy atom. The molecule has 0 aliphatic rings. The molecule has 1 atom stereocenters. The average molecular weight is 269 g/mol. The van der Waals surface area contributed by atoms with Crippen molar-refractivity contribution in [3.05, 3.63) is 34.9 Å². The molecule has 18 heavy (non-hydrogen) atoms. The molecule has 1 amide bonds. The van der Waals surface area contributed by atoms with Gasteiger partial charge in [0.25, 0.3) is 0 Å². The number of amides is 1. The molecule has 0 radical (unpaired) electrons. The van der Waals surface area contributed by atoms with Crippen molar-refractivity contribution in [2.75, 3.05) is 6.54 Å². The molecule has 3 nitrogen and oxygen atoms in total. The fourth-order valence-corrected chi connectivity index (χ4v) is 1.84. The Morgan fingerprint density at radius 3 is 2.50 bits per heavy atom. The number of benzene rings is 1. The molecule has 1 rings (SSSR count). The van der Waals surface area contributed by atoms with E-state index in [-0.39, 0.29) is 17.5 Å². The minimum absolute atomic E-state index is 0.0302. The van der Waals surface area contributed by atoms with Gasteiger partial charge in [0.2, 0.25) is 5.91 Å². The molecule has 4 heteroatoms. The maximum absolute atomic E-state index is 11.8. The Kier molecular flexibility index (Phi) is 5.17. The summed E-state index contributed by atoms with van der Waals surface area (Å²) in [7, 11) is 0. The largest absolute Gasteiger partial charge is 0.348 e. The highest BCUT2D eigenvalue weighted by Crippen LogP contribution is 2.21. The molecule has 0 fully saturated rings. The predicted octanol–water partition coefficient (Wildman–Crippen LogP) is 2.91. The smallest absolute Gasteiger partial charge is 0.234 e. The summed E-state index contributed by atoms with van der Waals surface area (Å²) in [4.78, 5) is 11.8. The molecule has 100 valence electrons. The summed E-state index contributed by atoms with van der Waals surface area (Å²) in [6.45, 7) is 8.31. The quantitative estimate of drug-likeness (QED) is 0.882. The van der Waals surface area contributed by atoms with Crippen molar-refractivity contribution in [2.45, 2.75) is 39.3 Å². The molecule has 0 aliphatic heterocycles. The van der Waals surface area contributed by atoms with Crippen molar-refractivity contribution in [1.29, 1.82) is 0 Å². The van der Waals surface area contributed by atoms with Gasteiger partial charge in [0.1, 0.15) is 0 Å². The Balaban J connectivity index is 2.53. The van der Waals surface area contributed by atoms with Crippen LogP contribution in [0.2, 0.25) is 5.02 Å². The zero-order valence-electron chi connectivity index (χ0n) is 11.4. The van der Waals surface area contributed by atoms with Crippen LogP contribution in [0.4, 0.5) is 0 Å². The minimum atomic E-state index is -0.0898. The van der Waals surface area contributed by atoms with E-state index in [1.807, 2.05) is 52.0 Å². The number of hydrogen-bond acceptors (Lipinski definition) is 2. The molecule has 0 bridgehead atoms. The van der Waals surface area contributed by atoms with E-state index in [2.05, 4.69) is 10.6 Å². The molecule has 0 aliphatic carbocycles. The minimum Gasteiger partial charge on any atom is -0.348 e. The van der Waals surface area contributed by atoms with Gasteiger partial charge in [-0.25, -0.2) is 0 Å². The monoisotopic (exact) mass is 268 g/mol. The second-order valence-electron chi connectivity index (χ2n) is 5.41. The predicted molar refractivity (Wildman–Crippen MR) is 75.8 cm³/mol. The van der Waals surface area contributed by atoms with Gasteiger partial charge < -0.3 is 10.6 Å². The first-order valence-electron chi connectivity index (χ1n) is 6.08. The second-order valence-corrected chi connectivity index (χ2v) is 5.82. The summed E-state index contributed by atoms with van der Waals surface area (Å²) in [6, 6.07) is 7.45. The Hall–Kier alpha value is -1.06. The lowest BCUT2D eigenvalue weighted by atomic mass is 10.1. The van der Waals surface area contributed by atoms with Crippen LogP contribution in [-0.4, -0.2) is 18.0 Å². The number of halogens is 1. The summed E-state index contributed by atoms with van der Waals surface area (Å²) < 4.78 is 0. The Morgan fingerprint density at radius 2 is 1.94 bits per heavy atom. The highest BCUT2D eigenvalue weighted by molar-refractivity contribution is 6.31. The van der Waals surface area contributed by atoms with Crippen LogP contribution in [0.5, 0.6) is 0 Å². The van der Waals surface area contributed by atoms with Crippen molar-refractivity contribution >= 4 is 17.5 Å². The van der Waals surface area contributed by atoms with E-state index in [4.69, 9.17) is 11.6 Å². The van der Waals surface area contributed by atoms with Gasteiger partial charge in [-0.3, -0.25) is 4.79 Å². The summed E-state index contributed by atoms with van der Waals surface area (Å²) in [5.41, 5.74) is 0.869. The number of carbonyl (C=O) groups excluding carboxylic acids is 1. The molecule has 1 aromatic carbocycles. The van der Waals surface area contributed by atoms with Gasteiger partial charge in [-0.1, -0.05) is 29.8 Å². The zero-order chi connectivity index (χ0) is 13.8. The first-order chi connectivity index (χ1) is 8.29. The SMILES string of the molecule is CC(NC(=O)CNC(C)(C)C)c1ccccc1Cl. The molecule has 0 saturated carbocycles. The average Bonchev–Trinajstić information content (AvgIpc) is 2.26. The standard InChI is InChI=1S/C14H21ClN2O/c1-10(11-7-5-6-8-12(11)15)17-13(18)9-16-14(2,3)4/h5-8,10,16H,9H2,1-4H3,(H,17,18). The number of rotatable bonds is 4. The lowest BCUT2D eigenvalue weighted by Gasteiger charge is -2.21. The van der Waals surface area contributed by atoms with Crippen LogP contribution in [0.1, 0.15) is 39.3 Å². The van der Waals surface area contributed by atoms with E-state index in [1.54, 1.807) is 0 Å². The van der Waals surface area contributed by atoms with Crippen LogP contribution in [0.25, 0.3) is 0 Å². The Bertz CT molecular complexity index is 413. The molecular formula is C14H21ClN2O. The van der Waals surface area contributed by atoms with Gasteiger partial charge in [0.15, 0.2) is 0 Å². The zero-order valence-corrected chi connectivity index (χ0v) is 12.1. The molecule has 1 aromatic rings. The first-order valence-corrected chi connectivity index (χ1v) is 6.46. The number of carbonyl (C=O) groups is 1. The van der Waals surface area contributed by atoms with Crippen molar-refractivity contribution in [3.63, 3.8) is 0 Å². The van der Waals surface area contributed by atoms with E-state index in [0.717, 1.165) is 5.56 Å². The maximum Gasteiger partial charge on any atom is 0.234 e. The molecule has 1 unspecified atom stereocenters. The lowest BCUT2D eigenvalue weighted by Crippen LogP contribution is -2.43. The van der Waals surface area contributed by atoms with Crippen LogP contribution in [0.15, 0.2) is 24.3 Å². The van der Waals surface area contributed by atoms with Crippen molar-refractivity contribution < 1.29 is 4.79 Å². The van der Waals surface area contributed by atoms with E-state index in [0.29, 0.717) is 11.6 Å². The fourth-order valence-electron chi connectivity index (χ4n) is 1.54. The van der Waals surface area contributed by atoms with Crippen LogP contribution in [-0.2, 0) is 4.79 Å². The third kappa shape index (κ3) is 5.07. The van der Waals surface area contributed by atoms with Crippen molar-refractivity contribution in [1.82, 2.24) is 10.6 Å². The van der Waals surface area contributed by atoms with Gasteiger partial charge in [-0.2, -0.15) is 0 Å². The maximum atomic E-state index is 11.8. The van der Waals surface area contributed by atoms with Gasteiger partial charge in [-0.15, -0.1) is 0 Å². The van der Waals surface area contributed by atoms with Gasteiger partial charge in [-0.05, 0) is 39.3 Å². The summed E-state index contributed by atoms with van der Waals surface area (Å²) in [6.07, 6.45) is 0. The highest BCUT2D eigenvalue weighted by Gasteiger charge is 2.14. The molecule has 0 aromatic heterocycles. The summed E-state index contributed by atoms with van der Waals surface area (Å²) in [5.74, 6) is -0.0302. The molecule has 2 N–H and O–H groups in total. The van der Waals surface area contributed by atoms with E-state index < -0.39 is 0 Å². The van der Waals surface area contributed by atoms with E-state index >= 15 is 0 Å². The van der Waals surface area contributed by atoms with Crippen molar-refractivity contribution in [3.8, 4) is 0 Å². The molecular weight excluding hydrogens is 248 g/mol. The molecule has 0 spiro atoms. The van der Waals surface area contributed by atoms with Gasteiger partial charge in [0, 0.05) is 10.6 Å². The first kappa shape index (κ1) is 15.0. The highest BCUT2D eigenvalue weighted by atomic mass is 35.5. The number of nitrogens with one attached hydrogen (secondary N) is 2. The van der Waals surface area contributed by atoms with Crippen LogP contribution >= 0.6 is 11.6 Å². The summed E-state index contributed by atoms with van der Waals surface area (Å²) in [5, 5.41) is 6.75. The molecule has 0 heterocycles. The van der Waals surface area contributed by atoms with Crippen molar-refractivity contribution in [2.24, 2.45) is 0 Å². The van der Waals surface area contributed by atoms with Crippen LogP contribution in [0, 0.1) is 0 Å². The molecule has 0 saturated heterocycles. The third-order valence-electron chi connectivity index (χ3n) is 2.53. The van der Waals surface area contributed by atoms with Gasteiger partial charge in [0.05, 0.1) is 12.6 Å². The third-order valence-corrected chi connectivity index (χ3v) is 2.87. The second kappa shape index (κ2) is 6.21. The van der Waals surface area contributed by atoms with E-state index in [1.165, 1.54) is 0 Å². The van der Waals surface area contributed by atoms with E-state index in [9.17, 15) is 4.79 Å². The fraction of sp³-hybridized carbons (Fsp3) is 0.500. The number of hydrogen-bond donors (Lipinski definition) is 2. The lowest BCUT2D eigenvalue weighted by molar-refractivity contribution is -0.121. The summed E-state index contributed by atoms with van der Waals surface area (Å²) >= 11 is 6.09. The Labute approximate surface area is 114 Å².